The number of halogens is 1. The molecule has 0 aliphatic rings. The second kappa shape index (κ2) is 4.61. The predicted octanol–water partition coefficient (Wildman–Crippen LogP) is 3.26. The summed E-state index contributed by atoms with van der Waals surface area (Å²) >= 11 is 0. The van der Waals surface area contributed by atoms with Crippen LogP contribution in [-0.4, -0.2) is 5.78 Å². The minimum absolute atomic E-state index is 0.0123. The Morgan fingerprint density at radius 3 is 2.44 bits per heavy atom. The second-order valence-corrected chi connectivity index (χ2v) is 4.37. The Hall–Kier alpha value is -2.16. The number of anilines is 1. The number of ketones is 1. The first-order valence-electron chi connectivity index (χ1n) is 5.66. The SMILES string of the molecule is Cc1ccc(C(=O)c2cc(N)ccc2F)cc1C. The highest BCUT2D eigenvalue weighted by molar-refractivity contribution is 6.09. The number of hydrogen-bond donors (Lipinski definition) is 1. The predicted molar refractivity (Wildman–Crippen MR) is 70.2 cm³/mol. The molecule has 2 N–H and O–H groups in total. The van der Waals surface area contributed by atoms with Crippen molar-refractivity contribution >= 4 is 11.5 Å². The van der Waals surface area contributed by atoms with Gasteiger partial charge in [0.15, 0.2) is 5.78 Å². The van der Waals surface area contributed by atoms with Gasteiger partial charge in [0, 0.05) is 11.3 Å². The van der Waals surface area contributed by atoms with Crippen molar-refractivity contribution < 1.29 is 9.18 Å². The number of carbonyl (C=O) groups is 1. The third kappa shape index (κ3) is 2.25. The van der Waals surface area contributed by atoms with Crippen LogP contribution in [0.1, 0.15) is 27.0 Å². The fraction of sp³-hybridized carbons (Fsp3) is 0.133. The van der Waals surface area contributed by atoms with Crippen molar-refractivity contribution in [3.63, 3.8) is 0 Å². The molecule has 0 saturated heterocycles. The number of nitrogens with two attached hydrogens (primary N) is 1. The zero-order chi connectivity index (χ0) is 13.3. The maximum Gasteiger partial charge on any atom is 0.196 e. The van der Waals surface area contributed by atoms with Crippen LogP contribution in [0.4, 0.5) is 10.1 Å². The number of aryl methyl sites for hydroxylation is 2. The fourth-order valence-corrected chi connectivity index (χ4v) is 1.76. The summed E-state index contributed by atoms with van der Waals surface area (Å²) in [6.07, 6.45) is 0. The van der Waals surface area contributed by atoms with Gasteiger partial charge in [0.1, 0.15) is 5.82 Å². The highest BCUT2D eigenvalue weighted by Gasteiger charge is 2.14. The molecule has 2 nitrogen and oxygen atoms in total. The van der Waals surface area contributed by atoms with E-state index in [1.54, 1.807) is 12.1 Å². The minimum atomic E-state index is -0.549. The van der Waals surface area contributed by atoms with Gasteiger partial charge in [-0.2, -0.15) is 0 Å². The van der Waals surface area contributed by atoms with Gasteiger partial charge in [-0.1, -0.05) is 12.1 Å². The van der Waals surface area contributed by atoms with Crippen molar-refractivity contribution in [1.82, 2.24) is 0 Å². The molecule has 0 radical (unpaired) electrons. The normalized spacial score (nSPS) is 10.4. The first-order valence-corrected chi connectivity index (χ1v) is 5.66. The quantitative estimate of drug-likeness (QED) is 0.650. The van der Waals surface area contributed by atoms with Crippen LogP contribution >= 0.6 is 0 Å². The fourth-order valence-electron chi connectivity index (χ4n) is 1.76. The highest BCUT2D eigenvalue weighted by atomic mass is 19.1. The van der Waals surface area contributed by atoms with Gasteiger partial charge in [-0.3, -0.25) is 4.79 Å². The van der Waals surface area contributed by atoms with Crippen LogP contribution in [0.5, 0.6) is 0 Å². The highest BCUT2D eigenvalue weighted by Crippen LogP contribution is 2.18. The van der Waals surface area contributed by atoms with Gasteiger partial charge >= 0.3 is 0 Å². The van der Waals surface area contributed by atoms with Crippen LogP contribution < -0.4 is 5.73 Å². The van der Waals surface area contributed by atoms with E-state index in [0.717, 1.165) is 11.1 Å². The summed E-state index contributed by atoms with van der Waals surface area (Å²) in [4.78, 5) is 12.2. The molecule has 0 atom stereocenters. The van der Waals surface area contributed by atoms with Crippen LogP contribution in [0.3, 0.4) is 0 Å². The molecule has 0 fully saturated rings. The minimum Gasteiger partial charge on any atom is -0.399 e. The van der Waals surface area contributed by atoms with Crippen molar-refractivity contribution in [2.45, 2.75) is 13.8 Å². The summed E-state index contributed by atoms with van der Waals surface area (Å²) in [7, 11) is 0. The Morgan fingerprint density at radius 2 is 1.78 bits per heavy atom. The zero-order valence-electron chi connectivity index (χ0n) is 10.3. The summed E-state index contributed by atoms with van der Waals surface area (Å²) in [5.74, 6) is -0.893. The first kappa shape index (κ1) is 12.3. The van der Waals surface area contributed by atoms with Crippen molar-refractivity contribution in [2.75, 3.05) is 5.73 Å². The third-order valence-corrected chi connectivity index (χ3v) is 3.00. The van der Waals surface area contributed by atoms with E-state index in [2.05, 4.69) is 0 Å². The number of rotatable bonds is 2. The lowest BCUT2D eigenvalue weighted by Gasteiger charge is -2.06. The van der Waals surface area contributed by atoms with Crippen LogP contribution in [0.15, 0.2) is 36.4 Å². The van der Waals surface area contributed by atoms with Crippen molar-refractivity contribution in [3.05, 3.63) is 64.5 Å². The van der Waals surface area contributed by atoms with Gasteiger partial charge in [0.2, 0.25) is 0 Å². The molecule has 2 aromatic carbocycles. The largest absolute Gasteiger partial charge is 0.399 e. The average molecular weight is 243 g/mol. The molecule has 0 saturated carbocycles. The molecule has 0 heterocycles. The van der Waals surface area contributed by atoms with Gasteiger partial charge in [0.05, 0.1) is 5.56 Å². The van der Waals surface area contributed by atoms with Crippen LogP contribution in [0, 0.1) is 19.7 Å². The van der Waals surface area contributed by atoms with Gasteiger partial charge < -0.3 is 5.73 Å². The summed E-state index contributed by atoms with van der Waals surface area (Å²) in [6.45, 7) is 3.88. The summed E-state index contributed by atoms with van der Waals surface area (Å²) in [6, 6.07) is 9.34. The molecule has 0 aromatic heterocycles. The van der Waals surface area contributed by atoms with Crippen LogP contribution in [-0.2, 0) is 0 Å². The first-order chi connectivity index (χ1) is 8.49. The average Bonchev–Trinajstić information content (AvgIpc) is 2.35. The lowest BCUT2D eigenvalue weighted by Crippen LogP contribution is -2.06. The summed E-state index contributed by atoms with van der Waals surface area (Å²) < 4.78 is 13.6. The van der Waals surface area contributed by atoms with Gasteiger partial charge in [-0.05, 0) is 49.2 Å². The Labute approximate surface area is 105 Å². The lowest BCUT2D eigenvalue weighted by molar-refractivity contribution is 0.103. The monoisotopic (exact) mass is 243 g/mol. The topological polar surface area (TPSA) is 43.1 Å². The maximum atomic E-state index is 13.6. The van der Waals surface area contributed by atoms with Crippen molar-refractivity contribution in [1.29, 1.82) is 0 Å². The van der Waals surface area contributed by atoms with E-state index in [0.29, 0.717) is 11.3 Å². The molecule has 2 aromatic rings. The molecule has 92 valence electrons. The van der Waals surface area contributed by atoms with Gasteiger partial charge in [0.25, 0.3) is 0 Å². The number of nitrogen functional groups attached to an aromatic ring is 1. The molecule has 0 spiro atoms. The van der Waals surface area contributed by atoms with Crippen LogP contribution in [0.25, 0.3) is 0 Å². The van der Waals surface area contributed by atoms with Gasteiger partial charge in [-0.15, -0.1) is 0 Å². The number of carbonyl (C=O) groups excluding carboxylic acids is 1. The number of hydrogen-bond acceptors (Lipinski definition) is 2. The Kier molecular flexibility index (Phi) is 3.15. The van der Waals surface area contributed by atoms with Crippen molar-refractivity contribution in [3.8, 4) is 0 Å². The van der Waals surface area contributed by atoms with E-state index in [1.807, 2.05) is 19.9 Å². The zero-order valence-corrected chi connectivity index (χ0v) is 10.3. The molecule has 0 bridgehead atoms. The molecular formula is C15H14FNO. The molecule has 0 unspecified atom stereocenters. The molecule has 0 aliphatic heterocycles. The Balaban J connectivity index is 2.47. The van der Waals surface area contributed by atoms with E-state index >= 15 is 0 Å². The lowest BCUT2D eigenvalue weighted by atomic mass is 9.99. The maximum absolute atomic E-state index is 13.6. The molecule has 0 amide bonds. The Bertz CT molecular complexity index is 620. The molecule has 18 heavy (non-hydrogen) atoms. The number of benzene rings is 2. The van der Waals surface area contributed by atoms with Crippen LogP contribution in [0.2, 0.25) is 0 Å². The van der Waals surface area contributed by atoms with E-state index < -0.39 is 5.82 Å². The Morgan fingerprint density at radius 1 is 1.06 bits per heavy atom. The van der Waals surface area contributed by atoms with Gasteiger partial charge in [-0.25, -0.2) is 4.39 Å². The molecule has 2 rings (SSSR count). The van der Waals surface area contributed by atoms with Crippen molar-refractivity contribution in [2.24, 2.45) is 0 Å². The summed E-state index contributed by atoms with van der Waals surface area (Å²) in [5.41, 5.74) is 8.55. The second-order valence-electron chi connectivity index (χ2n) is 4.37. The van der Waals surface area contributed by atoms with E-state index in [-0.39, 0.29) is 11.3 Å². The van der Waals surface area contributed by atoms with E-state index in [9.17, 15) is 9.18 Å². The molecular weight excluding hydrogens is 229 g/mol. The van der Waals surface area contributed by atoms with E-state index in [4.69, 9.17) is 5.73 Å². The van der Waals surface area contributed by atoms with E-state index in [1.165, 1.54) is 18.2 Å². The standard InChI is InChI=1S/C15H14FNO/c1-9-3-4-11(7-10(9)2)15(18)13-8-12(17)5-6-14(13)16/h3-8H,17H2,1-2H3. The molecule has 3 heteroatoms. The third-order valence-electron chi connectivity index (χ3n) is 3.00. The molecule has 0 aliphatic carbocycles. The smallest absolute Gasteiger partial charge is 0.196 e. The summed E-state index contributed by atoms with van der Waals surface area (Å²) in [5, 5.41) is 0.